The lowest BCUT2D eigenvalue weighted by Gasteiger charge is -2.27. The lowest BCUT2D eigenvalue weighted by atomic mass is 9.87. The van der Waals surface area contributed by atoms with Crippen molar-refractivity contribution < 1.29 is 9.59 Å². The number of amides is 3. The van der Waals surface area contributed by atoms with Gasteiger partial charge in [-0.3, -0.25) is 9.69 Å². The second kappa shape index (κ2) is 7.48. The van der Waals surface area contributed by atoms with Gasteiger partial charge in [-0.2, -0.15) is 0 Å². The Morgan fingerprint density at radius 3 is 2.35 bits per heavy atom. The van der Waals surface area contributed by atoms with Crippen molar-refractivity contribution in [1.82, 2.24) is 15.1 Å². The molecule has 26 heavy (non-hydrogen) atoms. The third kappa shape index (κ3) is 3.45. The van der Waals surface area contributed by atoms with E-state index in [1.54, 1.807) is 0 Å². The predicted molar refractivity (Wildman–Crippen MR) is 102 cm³/mol. The van der Waals surface area contributed by atoms with Crippen molar-refractivity contribution in [2.24, 2.45) is 0 Å². The molecule has 2 aromatic rings. The Balaban J connectivity index is 1.75. The van der Waals surface area contributed by atoms with E-state index < -0.39 is 5.54 Å². The van der Waals surface area contributed by atoms with E-state index in [1.807, 2.05) is 73.5 Å². The normalized spacial score (nSPS) is 19.9. The molecule has 6 heteroatoms. The minimum Gasteiger partial charge on any atom is -0.319 e. The smallest absolute Gasteiger partial charge is 0.319 e. The molecular formula is C20H22ClN3O2. The minimum atomic E-state index is -0.987. The van der Waals surface area contributed by atoms with Gasteiger partial charge in [-0.25, -0.2) is 9.69 Å². The molecule has 3 amide bonds. The van der Waals surface area contributed by atoms with Crippen LogP contribution in [0.1, 0.15) is 24.5 Å². The molecule has 0 radical (unpaired) electrons. The molecule has 1 N–H and O–H groups in total. The number of rotatable bonds is 6. The zero-order valence-corrected chi connectivity index (χ0v) is 15.7. The van der Waals surface area contributed by atoms with Crippen LogP contribution in [0.5, 0.6) is 0 Å². The summed E-state index contributed by atoms with van der Waals surface area (Å²) in [6.07, 6.45) is 0.499. The van der Waals surface area contributed by atoms with Crippen LogP contribution >= 0.6 is 11.6 Å². The van der Waals surface area contributed by atoms with Crippen molar-refractivity contribution in [1.29, 1.82) is 0 Å². The zero-order chi connectivity index (χ0) is 18.7. The summed E-state index contributed by atoms with van der Waals surface area (Å²) in [5.41, 5.74) is 0.886. The first kappa shape index (κ1) is 18.4. The molecule has 0 unspecified atom stereocenters. The van der Waals surface area contributed by atoms with E-state index in [-0.39, 0.29) is 18.6 Å². The number of halogens is 1. The Bertz CT molecular complexity index is 794. The van der Waals surface area contributed by atoms with Gasteiger partial charge in [-0.1, -0.05) is 61.0 Å². The average Bonchev–Trinajstić information content (AvgIpc) is 2.89. The third-order valence-corrected chi connectivity index (χ3v) is 4.97. The Kier molecular flexibility index (Phi) is 5.30. The molecule has 0 aliphatic carbocycles. The highest BCUT2D eigenvalue weighted by molar-refractivity contribution is 6.30. The maximum Gasteiger partial charge on any atom is 0.326 e. The van der Waals surface area contributed by atoms with Crippen molar-refractivity contribution >= 4 is 23.5 Å². The number of carbonyl (C=O) groups is 2. The second-order valence-corrected chi connectivity index (χ2v) is 7.01. The van der Waals surface area contributed by atoms with E-state index in [9.17, 15) is 9.59 Å². The molecule has 1 fully saturated rings. The highest BCUT2D eigenvalue weighted by Gasteiger charge is 2.51. The van der Waals surface area contributed by atoms with Crippen LogP contribution in [-0.4, -0.2) is 35.5 Å². The van der Waals surface area contributed by atoms with Gasteiger partial charge in [0.25, 0.3) is 5.91 Å². The van der Waals surface area contributed by atoms with E-state index in [1.165, 1.54) is 4.90 Å². The molecule has 0 aromatic heterocycles. The van der Waals surface area contributed by atoms with E-state index in [0.29, 0.717) is 18.0 Å². The van der Waals surface area contributed by atoms with Gasteiger partial charge in [0.2, 0.25) is 0 Å². The van der Waals surface area contributed by atoms with Crippen LogP contribution in [0, 0.1) is 0 Å². The van der Waals surface area contributed by atoms with Gasteiger partial charge in [0.15, 0.2) is 0 Å². The van der Waals surface area contributed by atoms with Crippen molar-refractivity contribution in [3.8, 4) is 0 Å². The first-order valence-corrected chi connectivity index (χ1v) is 8.96. The molecule has 0 saturated carbocycles. The number of hydrogen-bond donors (Lipinski definition) is 1. The first-order chi connectivity index (χ1) is 12.5. The van der Waals surface area contributed by atoms with Gasteiger partial charge in [0.1, 0.15) is 5.54 Å². The Morgan fingerprint density at radius 1 is 1.08 bits per heavy atom. The second-order valence-electron chi connectivity index (χ2n) is 6.57. The summed E-state index contributed by atoms with van der Waals surface area (Å²) in [6, 6.07) is 16.6. The van der Waals surface area contributed by atoms with Crippen molar-refractivity contribution in [2.45, 2.75) is 25.4 Å². The van der Waals surface area contributed by atoms with Crippen molar-refractivity contribution in [3.63, 3.8) is 0 Å². The molecule has 1 aliphatic rings. The van der Waals surface area contributed by atoms with Crippen LogP contribution in [0.2, 0.25) is 5.02 Å². The monoisotopic (exact) mass is 371 g/mol. The summed E-state index contributed by atoms with van der Waals surface area (Å²) in [4.78, 5) is 28.8. The van der Waals surface area contributed by atoms with Gasteiger partial charge in [0, 0.05) is 11.6 Å². The van der Waals surface area contributed by atoms with Crippen LogP contribution in [0.4, 0.5) is 4.79 Å². The van der Waals surface area contributed by atoms with Crippen LogP contribution < -0.4 is 5.32 Å². The molecular weight excluding hydrogens is 350 g/mol. The van der Waals surface area contributed by atoms with Crippen molar-refractivity contribution in [2.75, 3.05) is 13.7 Å². The Morgan fingerprint density at radius 2 is 1.73 bits per heavy atom. The van der Waals surface area contributed by atoms with Gasteiger partial charge in [-0.05, 0) is 36.7 Å². The number of benzene rings is 2. The highest BCUT2D eigenvalue weighted by atomic mass is 35.5. The topological polar surface area (TPSA) is 52.7 Å². The lowest BCUT2D eigenvalue weighted by Crippen LogP contribution is -2.44. The zero-order valence-electron chi connectivity index (χ0n) is 14.9. The predicted octanol–water partition coefficient (Wildman–Crippen LogP) is 3.59. The summed E-state index contributed by atoms with van der Waals surface area (Å²) in [7, 11) is 1.88. The van der Waals surface area contributed by atoms with Gasteiger partial charge in [-0.15, -0.1) is 0 Å². The molecule has 0 bridgehead atoms. The summed E-state index contributed by atoms with van der Waals surface area (Å²) in [5.74, 6) is -0.209. The number of carbonyl (C=O) groups excluding carboxylic acids is 2. The fourth-order valence-corrected chi connectivity index (χ4v) is 3.44. The quantitative estimate of drug-likeness (QED) is 0.789. The fraction of sp³-hybridized carbons (Fsp3) is 0.300. The maximum absolute atomic E-state index is 13.1. The van der Waals surface area contributed by atoms with E-state index in [2.05, 4.69) is 5.32 Å². The van der Waals surface area contributed by atoms with Gasteiger partial charge >= 0.3 is 6.03 Å². The summed E-state index contributed by atoms with van der Waals surface area (Å²) in [5, 5.41) is 3.58. The first-order valence-electron chi connectivity index (χ1n) is 8.59. The largest absolute Gasteiger partial charge is 0.326 e. The average molecular weight is 372 g/mol. The van der Waals surface area contributed by atoms with Crippen molar-refractivity contribution in [3.05, 3.63) is 70.7 Å². The molecule has 1 heterocycles. The number of hydrogen-bond acceptors (Lipinski definition) is 3. The molecule has 2 aromatic carbocycles. The third-order valence-electron chi connectivity index (χ3n) is 4.72. The summed E-state index contributed by atoms with van der Waals surface area (Å²) < 4.78 is 0. The molecule has 5 nitrogen and oxygen atoms in total. The van der Waals surface area contributed by atoms with E-state index in [0.717, 1.165) is 11.1 Å². The van der Waals surface area contributed by atoms with Crippen LogP contribution in [0.25, 0.3) is 0 Å². The lowest BCUT2D eigenvalue weighted by molar-refractivity contribution is -0.133. The molecule has 0 spiro atoms. The van der Waals surface area contributed by atoms with Crippen LogP contribution in [0.3, 0.4) is 0 Å². The molecule has 3 rings (SSSR count). The Labute approximate surface area is 158 Å². The van der Waals surface area contributed by atoms with E-state index in [4.69, 9.17) is 11.6 Å². The molecule has 1 atom stereocenters. The molecule has 136 valence electrons. The number of urea groups is 1. The van der Waals surface area contributed by atoms with Crippen LogP contribution in [0.15, 0.2) is 54.6 Å². The highest BCUT2D eigenvalue weighted by Crippen LogP contribution is 2.32. The summed E-state index contributed by atoms with van der Waals surface area (Å²) >= 11 is 5.91. The number of imide groups is 1. The minimum absolute atomic E-state index is 0.209. The van der Waals surface area contributed by atoms with Gasteiger partial charge in [0.05, 0.1) is 6.67 Å². The number of nitrogens with one attached hydrogen (secondary N) is 1. The Hall–Kier alpha value is -2.37. The number of nitrogens with zero attached hydrogens (tertiary/aromatic N) is 2. The van der Waals surface area contributed by atoms with Gasteiger partial charge < -0.3 is 5.32 Å². The van der Waals surface area contributed by atoms with E-state index >= 15 is 0 Å². The standard InChI is InChI=1S/C20H22ClN3O2/c1-3-20(16-7-5-4-6-8-16)18(25)24(19(26)22-20)14-23(2)13-15-9-11-17(21)12-10-15/h4-12H,3,13-14H2,1-2H3,(H,22,26)/t20-/m0/s1. The SMILES string of the molecule is CC[C@@]1(c2ccccc2)NC(=O)N(CN(C)Cc2ccc(Cl)cc2)C1=O. The molecule has 1 saturated heterocycles. The molecule has 1 aliphatic heterocycles. The fourth-order valence-electron chi connectivity index (χ4n) is 3.31. The summed E-state index contributed by atoms with van der Waals surface area (Å²) in [6.45, 7) is 2.74. The van der Waals surface area contributed by atoms with Crippen LogP contribution in [-0.2, 0) is 16.9 Å². The maximum atomic E-state index is 13.1.